The number of nitrogens with zero attached hydrogens (tertiary/aromatic N) is 4. The van der Waals surface area contributed by atoms with E-state index in [1.807, 2.05) is 36.0 Å². The average molecular weight is 394 g/mol. The SMILES string of the molecule is CCc1cc(Cn2cnc3ccc(I)cc3c2=O)n(C)n1. The molecule has 0 unspecified atom stereocenters. The first-order valence-electron chi connectivity index (χ1n) is 6.75. The maximum absolute atomic E-state index is 12.6. The molecular weight excluding hydrogens is 379 g/mol. The molecule has 0 saturated heterocycles. The smallest absolute Gasteiger partial charge is 0.261 e. The predicted molar refractivity (Wildman–Crippen MR) is 90.4 cm³/mol. The van der Waals surface area contributed by atoms with Gasteiger partial charge in [0.25, 0.3) is 5.56 Å². The molecular formula is C15H15IN4O. The number of aromatic nitrogens is 4. The van der Waals surface area contributed by atoms with Gasteiger partial charge in [-0.15, -0.1) is 0 Å². The Labute approximate surface area is 135 Å². The lowest BCUT2D eigenvalue weighted by Gasteiger charge is -2.07. The lowest BCUT2D eigenvalue weighted by Crippen LogP contribution is -2.22. The maximum Gasteiger partial charge on any atom is 0.261 e. The summed E-state index contributed by atoms with van der Waals surface area (Å²) in [4.78, 5) is 16.9. The van der Waals surface area contributed by atoms with Gasteiger partial charge in [0.15, 0.2) is 0 Å². The summed E-state index contributed by atoms with van der Waals surface area (Å²) in [7, 11) is 1.90. The van der Waals surface area contributed by atoms with Crippen LogP contribution in [0.5, 0.6) is 0 Å². The minimum atomic E-state index is -0.0160. The molecule has 1 aromatic carbocycles. The van der Waals surface area contributed by atoms with Gasteiger partial charge in [-0.2, -0.15) is 5.10 Å². The highest BCUT2D eigenvalue weighted by Crippen LogP contribution is 2.12. The highest BCUT2D eigenvalue weighted by molar-refractivity contribution is 14.1. The van der Waals surface area contributed by atoms with Crippen LogP contribution in [-0.2, 0) is 20.0 Å². The molecule has 0 aliphatic heterocycles. The molecule has 3 rings (SSSR count). The summed E-state index contributed by atoms with van der Waals surface area (Å²) in [5.41, 5.74) is 2.75. The molecule has 2 aromatic heterocycles. The molecule has 108 valence electrons. The Morgan fingerprint density at radius 3 is 2.81 bits per heavy atom. The van der Waals surface area contributed by atoms with Crippen molar-refractivity contribution in [2.45, 2.75) is 19.9 Å². The van der Waals surface area contributed by atoms with Crippen molar-refractivity contribution in [2.75, 3.05) is 0 Å². The van der Waals surface area contributed by atoms with E-state index in [1.54, 1.807) is 10.9 Å². The van der Waals surface area contributed by atoms with Crippen LogP contribution >= 0.6 is 22.6 Å². The summed E-state index contributed by atoms with van der Waals surface area (Å²) in [5.74, 6) is 0. The van der Waals surface area contributed by atoms with Gasteiger partial charge in [0.1, 0.15) is 0 Å². The Hall–Kier alpha value is -1.70. The van der Waals surface area contributed by atoms with Crippen LogP contribution in [0.25, 0.3) is 10.9 Å². The van der Waals surface area contributed by atoms with Crippen molar-refractivity contribution in [3.8, 4) is 0 Å². The predicted octanol–water partition coefficient (Wildman–Crippen LogP) is 2.35. The van der Waals surface area contributed by atoms with Gasteiger partial charge >= 0.3 is 0 Å². The zero-order valence-corrected chi connectivity index (χ0v) is 14.0. The Morgan fingerprint density at radius 2 is 2.10 bits per heavy atom. The first kappa shape index (κ1) is 14.2. The van der Waals surface area contributed by atoms with E-state index >= 15 is 0 Å². The van der Waals surface area contributed by atoms with Gasteiger partial charge in [-0.1, -0.05) is 6.92 Å². The molecule has 0 aliphatic carbocycles. The third-order valence-electron chi connectivity index (χ3n) is 3.51. The van der Waals surface area contributed by atoms with Gasteiger partial charge in [0.2, 0.25) is 0 Å². The monoisotopic (exact) mass is 394 g/mol. The van der Waals surface area contributed by atoms with Crippen LogP contribution in [0, 0.1) is 3.57 Å². The third-order valence-corrected chi connectivity index (χ3v) is 4.18. The number of benzene rings is 1. The maximum atomic E-state index is 12.6. The molecule has 6 heteroatoms. The largest absolute Gasteiger partial charge is 0.293 e. The molecule has 3 aromatic rings. The normalized spacial score (nSPS) is 11.2. The van der Waals surface area contributed by atoms with Crippen molar-refractivity contribution in [3.05, 3.63) is 55.9 Å². The summed E-state index contributed by atoms with van der Waals surface area (Å²) < 4.78 is 4.49. The zero-order chi connectivity index (χ0) is 15.0. The van der Waals surface area contributed by atoms with Crippen LogP contribution in [-0.4, -0.2) is 19.3 Å². The summed E-state index contributed by atoms with van der Waals surface area (Å²) >= 11 is 2.20. The molecule has 0 bridgehead atoms. The molecule has 0 N–H and O–H groups in total. The number of aryl methyl sites for hydroxylation is 2. The fourth-order valence-corrected chi connectivity index (χ4v) is 2.80. The van der Waals surface area contributed by atoms with E-state index in [0.717, 1.165) is 26.9 Å². The van der Waals surface area contributed by atoms with Crippen LogP contribution in [0.2, 0.25) is 0 Å². The fraction of sp³-hybridized carbons (Fsp3) is 0.267. The first-order valence-corrected chi connectivity index (χ1v) is 7.83. The van der Waals surface area contributed by atoms with E-state index in [4.69, 9.17) is 0 Å². The van der Waals surface area contributed by atoms with Crippen molar-refractivity contribution in [3.63, 3.8) is 0 Å². The van der Waals surface area contributed by atoms with Crippen LogP contribution in [0.1, 0.15) is 18.3 Å². The van der Waals surface area contributed by atoms with Crippen LogP contribution < -0.4 is 5.56 Å². The Bertz CT molecular complexity index is 866. The fourth-order valence-electron chi connectivity index (χ4n) is 2.31. The molecule has 0 aliphatic rings. The number of hydrogen-bond acceptors (Lipinski definition) is 3. The van der Waals surface area contributed by atoms with Gasteiger partial charge in [-0.3, -0.25) is 14.0 Å². The van der Waals surface area contributed by atoms with Crippen molar-refractivity contribution in [1.29, 1.82) is 0 Å². The van der Waals surface area contributed by atoms with Crippen molar-refractivity contribution >= 4 is 33.5 Å². The van der Waals surface area contributed by atoms with Gasteiger partial charge in [-0.25, -0.2) is 4.98 Å². The number of rotatable bonds is 3. The van der Waals surface area contributed by atoms with Crippen molar-refractivity contribution < 1.29 is 0 Å². The Balaban J connectivity index is 2.06. The van der Waals surface area contributed by atoms with Crippen molar-refractivity contribution in [1.82, 2.24) is 19.3 Å². The summed E-state index contributed by atoms with van der Waals surface area (Å²) in [6.07, 6.45) is 2.49. The highest BCUT2D eigenvalue weighted by atomic mass is 127. The number of fused-ring (bicyclic) bond motifs is 1. The lowest BCUT2D eigenvalue weighted by molar-refractivity contribution is 0.646. The van der Waals surface area contributed by atoms with E-state index in [9.17, 15) is 4.79 Å². The molecule has 5 nitrogen and oxygen atoms in total. The zero-order valence-electron chi connectivity index (χ0n) is 11.9. The van der Waals surface area contributed by atoms with Crippen LogP contribution in [0.4, 0.5) is 0 Å². The Kier molecular flexibility index (Phi) is 3.79. The molecule has 0 saturated carbocycles. The van der Waals surface area contributed by atoms with Gasteiger partial charge in [0.05, 0.1) is 35.2 Å². The van der Waals surface area contributed by atoms with E-state index in [0.29, 0.717) is 11.9 Å². The van der Waals surface area contributed by atoms with E-state index in [-0.39, 0.29) is 5.56 Å². The molecule has 21 heavy (non-hydrogen) atoms. The molecule has 0 amide bonds. The third kappa shape index (κ3) is 2.72. The molecule has 0 radical (unpaired) electrons. The minimum Gasteiger partial charge on any atom is -0.293 e. The molecule has 0 atom stereocenters. The average Bonchev–Trinajstić information content (AvgIpc) is 2.83. The van der Waals surface area contributed by atoms with Crippen molar-refractivity contribution in [2.24, 2.45) is 7.05 Å². The summed E-state index contributed by atoms with van der Waals surface area (Å²) in [5, 5.41) is 5.07. The van der Waals surface area contributed by atoms with Gasteiger partial charge in [-0.05, 0) is 53.3 Å². The Morgan fingerprint density at radius 1 is 1.29 bits per heavy atom. The first-order chi connectivity index (χ1) is 10.1. The second-order valence-corrected chi connectivity index (χ2v) is 6.19. The number of halogens is 1. The second-order valence-electron chi connectivity index (χ2n) is 4.94. The van der Waals surface area contributed by atoms with E-state index in [2.05, 4.69) is 39.6 Å². The van der Waals surface area contributed by atoms with Crippen LogP contribution in [0.3, 0.4) is 0 Å². The molecule has 0 fully saturated rings. The highest BCUT2D eigenvalue weighted by Gasteiger charge is 2.08. The lowest BCUT2D eigenvalue weighted by atomic mass is 10.2. The number of hydrogen-bond donors (Lipinski definition) is 0. The summed E-state index contributed by atoms with van der Waals surface area (Å²) in [6.45, 7) is 2.55. The molecule has 2 heterocycles. The molecule has 0 spiro atoms. The minimum absolute atomic E-state index is 0.0160. The summed E-state index contributed by atoms with van der Waals surface area (Å²) in [6, 6.07) is 7.74. The topological polar surface area (TPSA) is 52.7 Å². The standard InChI is InChI=1S/C15H15IN4O/c1-3-11-7-12(19(2)18-11)8-20-9-17-14-5-4-10(16)6-13(14)15(20)21/h4-7,9H,3,8H2,1-2H3. The van der Waals surface area contributed by atoms with E-state index in [1.165, 1.54) is 0 Å². The van der Waals surface area contributed by atoms with Gasteiger partial charge in [0, 0.05) is 10.6 Å². The van der Waals surface area contributed by atoms with E-state index < -0.39 is 0 Å². The van der Waals surface area contributed by atoms with Crippen LogP contribution in [0.15, 0.2) is 35.4 Å². The second kappa shape index (κ2) is 5.59. The quantitative estimate of drug-likeness (QED) is 0.641. The van der Waals surface area contributed by atoms with Gasteiger partial charge < -0.3 is 0 Å².